The molecule has 31 heavy (non-hydrogen) atoms. The molecule has 0 spiro atoms. The van der Waals surface area contributed by atoms with Crippen LogP contribution in [0.25, 0.3) is 11.0 Å². The van der Waals surface area contributed by atoms with Gasteiger partial charge in [-0.1, -0.05) is 12.1 Å². The summed E-state index contributed by atoms with van der Waals surface area (Å²) in [5, 5.41) is 21.8. The van der Waals surface area contributed by atoms with Crippen LogP contribution in [0.2, 0.25) is 0 Å². The number of aliphatic hydroxyl groups excluding tert-OH is 1. The first-order valence-electron chi connectivity index (χ1n) is 10.1. The average molecular weight is 418 g/mol. The average Bonchev–Trinajstić information content (AvgIpc) is 2.80. The quantitative estimate of drug-likeness (QED) is 0.652. The fraction of sp³-hybridized carbons (Fsp3) is 0.261. The Morgan fingerprint density at radius 2 is 1.90 bits per heavy atom. The second-order valence-corrected chi connectivity index (χ2v) is 7.32. The SMILES string of the molecule is N#Cc1cc(NC(=O)c2cc(=O)c3ccccc3o2)ccc1N1CCN(CCO)CC1. The van der Waals surface area contributed by atoms with Crippen molar-refractivity contribution in [2.45, 2.75) is 0 Å². The van der Waals surface area contributed by atoms with E-state index < -0.39 is 5.91 Å². The highest BCUT2D eigenvalue weighted by Crippen LogP contribution is 2.25. The first-order chi connectivity index (χ1) is 15.1. The molecule has 1 amide bonds. The molecule has 2 N–H and O–H groups in total. The summed E-state index contributed by atoms with van der Waals surface area (Å²) < 4.78 is 5.57. The van der Waals surface area contributed by atoms with Gasteiger partial charge in [-0.25, -0.2) is 0 Å². The van der Waals surface area contributed by atoms with Crippen molar-refractivity contribution in [1.29, 1.82) is 5.26 Å². The topological polar surface area (TPSA) is 110 Å². The van der Waals surface area contributed by atoms with E-state index in [0.717, 1.165) is 31.9 Å². The monoisotopic (exact) mass is 418 g/mol. The molecule has 0 aliphatic carbocycles. The molecular weight excluding hydrogens is 396 g/mol. The number of nitriles is 1. The first kappa shape index (κ1) is 20.6. The number of piperazine rings is 1. The zero-order valence-electron chi connectivity index (χ0n) is 16.9. The Hall–Kier alpha value is -3.67. The fourth-order valence-corrected chi connectivity index (χ4v) is 3.74. The standard InChI is InChI=1S/C23H22N4O4/c24-15-16-13-17(5-6-19(16)27-9-7-26(8-10-27)11-12-28)25-23(30)22-14-20(29)18-3-1-2-4-21(18)31-22/h1-6,13-14,28H,7-12H2,(H,25,30). The molecule has 0 unspecified atom stereocenters. The molecule has 1 aliphatic heterocycles. The van der Waals surface area contributed by atoms with Gasteiger partial charge in [-0.05, 0) is 30.3 Å². The zero-order valence-corrected chi connectivity index (χ0v) is 16.9. The minimum Gasteiger partial charge on any atom is -0.451 e. The van der Waals surface area contributed by atoms with E-state index in [4.69, 9.17) is 9.52 Å². The number of hydrogen-bond acceptors (Lipinski definition) is 7. The van der Waals surface area contributed by atoms with Crippen molar-refractivity contribution in [2.75, 3.05) is 49.5 Å². The minimum atomic E-state index is -0.558. The molecule has 0 bridgehead atoms. The second kappa shape index (κ2) is 9.00. The highest BCUT2D eigenvalue weighted by molar-refractivity contribution is 6.03. The number of nitrogens with one attached hydrogen (secondary N) is 1. The van der Waals surface area contributed by atoms with Gasteiger partial charge in [0.15, 0.2) is 11.2 Å². The highest BCUT2D eigenvalue weighted by Gasteiger charge is 2.20. The number of carbonyl (C=O) groups is 1. The van der Waals surface area contributed by atoms with Crippen molar-refractivity contribution in [3.63, 3.8) is 0 Å². The van der Waals surface area contributed by atoms with Crippen molar-refractivity contribution in [1.82, 2.24) is 4.90 Å². The van der Waals surface area contributed by atoms with Crippen LogP contribution in [-0.4, -0.2) is 55.2 Å². The summed E-state index contributed by atoms with van der Waals surface area (Å²) in [6, 6.07) is 15.3. The molecule has 0 saturated carbocycles. The van der Waals surface area contributed by atoms with Gasteiger partial charge in [0.1, 0.15) is 11.7 Å². The number of anilines is 2. The summed E-state index contributed by atoms with van der Waals surface area (Å²) in [5.74, 6) is -0.650. The Morgan fingerprint density at radius 3 is 2.65 bits per heavy atom. The van der Waals surface area contributed by atoms with Gasteiger partial charge in [-0.15, -0.1) is 0 Å². The number of rotatable bonds is 5. The van der Waals surface area contributed by atoms with Gasteiger partial charge in [0.25, 0.3) is 5.91 Å². The van der Waals surface area contributed by atoms with Gasteiger partial charge in [0.2, 0.25) is 0 Å². The van der Waals surface area contributed by atoms with Crippen LogP contribution in [0.15, 0.2) is 57.7 Å². The summed E-state index contributed by atoms with van der Waals surface area (Å²) in [6.45, 7) is 3.91. The minimum absolute atomic E-state index is 0.0914. The lowest BCUT2D eigenvalue weighted by Crippen LogP contribution is -2.47. The molecule has 1 aromatic heterocycles. The number of fused-ring (bicyclic) bond motifs is 1. The highest BCUT2D eigenvalue weighted by atomic mass is 16.3. The molecule has 8 heteroatoms. The molecule has 2 heterocycles. The molecule has 158 valence electrons. The number of carbonyl (C=O) groups excluding carboxylic acids is 1. The molecule has 3 aromatic rings. The van der Waals surface area contributed by atoms with Gasteiger partial charge < -0.3 is 19.7 Å². The van der Waals surface area contributed by atoms with Gasteiger partial charge in [-0.2, -0.15) is 5.26 Å². The van der Waals surface area contributed by atoms with Crippen molar-refractivity contribution < 1.29 is 14.3 Å². The number of para-hydroxylation sites is 1. The molecule has 1 saturated heterocycles. The Morgan fingerprint density at radius 1 is 1.13 bits per heavy atom. The number of amides is 1. The third-order valence-corrected chi connectivity index (χ3v) is 5.36. The molecule has 8 nitrogen and oxygen atoms in total. The fourth-order valence-electron chi connectivity index (χ4n) is 3.74. The molecule has 4 rings (SSSR count). The van der Waals surface area contributed by atoms with Crippen molar-refractivity contribution >= 4 is 28.3 Å². The largest absolute Gasteiger partial charge is 0.451 e. The third-order valence-electron chi connectivity index (χ3n) is 5.36. The Bertz CT molecular complexity index is 1210. The van der Waals surface area contributed by atoms with E-state index in [9.17, 15) is 14.9 Å². The van der Waals surface area contributed by atoms with E-state index in [1.807, 2.05) is 6.07 Å². The van der Waals surface area contributed by atoms with E-state index >= 15 is 0 Å². The Labute approximate surface area is 178 Å². The van der Waals surface area contributed by atoms with Crippen LogP contribution in [0.3, 0.4) is 0 Å². The number of hydrogen-bond donors (Lipinski definition) is 2. The lowest BCUT2D eigenvalue weighted by atomic mass is 10.1. The molecule has 1 fully saturated rings. The number of benzene rings is 2. The van der Waals surface area contributed by atoms with E-state index in [-0.39, 0.29) is 17.8 Å². The van der Waals surface area contributed by atoms with Crippen molar-refractivity contribution in [3.8, 4) is 6.07 Å². The van der Waals surface area contributed by atoms with E-state index in [1.165, 1.54) is 6.07 Å². The number of nitrogens with zero attached hydrogens (tertiary/aromatic N) is 3. The number of aliphatic hydroxyl groups is 1. The van der Waals surface area contributed by atoms with Crippen LogP contribution < -0.4 is 15.6 Å². The summed E-state index contributed by atoms with van der Waals surface area (Å²) in [6.07, 6.45) is 0. The van der Waals surface area contributed by atoms with Gasteiger partial charge in [-0.3, -0.25) is 14.5 Å². The van der Waals surface area contributed by atoms with Crippen LogP contribution >= 0.6 is 0 Å². The molecule has 0 radical (unpaired) electrons. The van der Waals surface area contributed by atoms with Crippen molar-refractivity contribution in [3.05, 3.63) is 70.1 Å². The Kier molecular flexibility index (Phi) is 5.98. The first-order valence-corrected chi connectivity index (χ1v) is 10.1. The van der Waals surface area contributed by atoms with E-state index in [2.05, 4.69) is 21.2 Å². The van der Waals surface area contributed by atoms with Gasteiger partial charge in [0, 0.05) is 44.5 Å². The maximum Gasteiger partial charge on any atom is 0.291 e. The lowest BCUT2D eigenvalue weighted by Gasteiger charge is -2.36. The van der Waals surface area contributed by atoms with Crippen LogP contribution in [-0.2, 0) is 0 Å². The predicted molar refractivity (Wildman–Crippen MR) is 117 cm³/mol. The van der Waals surface area contributed by atoms with Crippen LogP contribution in [0, 0.1) is 11.3 Å². The molecular formula is C23H22N4O4. The second-order valence-electron chi connectivity index (χ2n) is 7.32. The van der Waals surface area contributed by atoms with Crippen LogP contribution in [0.1, 0.15) is 16.1 Å². The van der Waals surface area contributed by atoms with Crippen LogP contribution in [0.4, 0.5) is 11.4 Å². The Balaban J connectivity index is 1.51. The maximum atomic E-state index is 12.6. The summed E-state index contributed by atoms with van der Waals surface area (Å²) in [4.78, 5) is 29.2. The summed E-state index contributed by atoms with van der Waals surface area (Å²) in [5.41, 5.74) is 1.75. The maximum absolute atomic E-state index is 12.6. The molecule has 1 aliphatic rings. The van der Waals surface area contributed by atoms with Crippen molar-refractivity contribution in [2.24, 2.45) is 0 Å². The normalized spacial score (nSPS) is 14.4. The molecule has 0 atom stereocenters. The lowest BCUT2D eigenvalue weighted by molar-refractivity contribution is 0.0997. The van der Waals surface area contributed by atoms with Gasteiger partial charge >= 0.3 is 0 Å². The number of β-amino-alcohol motifs (C(OH)–C–C–N with tert-alkyl or cyclic N) is 1. The predicted octanol–water partition coefficient (Wildman–Crippen LogP) is 2.03. The summed E-state index contributed by atoms with van der Waals surface area (Å²) in [7, 11) is 0. The van der Waals surface area contributed by atoms with Gasteiger partial charge in [0.05, 0.1) is 23.2 Å². The third kappa shape index (κ3) is 4.43. The summed E-state index contributed by atoms with van der Waals surface area (Å²) >= 11 is 0. The zero-order chi connectivity index (χ0) is 21.8. The smallest absolute Gasteiger partial charge is 0.291 e. The van der Waals surface area contributed by atoms with Crippen LogP contribution in [0.5, 0.6) is 0 Å². The van der Waals surface area contributed by atoms with E-state index in [0.29, 0.717) is 28.8 Å². The van der Waals surface area contributed by atoms with E-state index in [1.54, 1.807) is 36.4 Å². The molecule has 2 aromatic carbocycles.